The first-order chi connectivity index (χ1) is 8.18. The molecule has 0 amide bonds. The second-order valence-corrected chi connectivity index (χ2v) is 5.78. The van der Waals surface area contributed by atoms with Crippen LogP contribution in [-0.4, -0.2) is 26.3 Å². The van der Waals surface area contributed by atoms with Crippen LogP contribution >= 0.6 is 0 Å². The van der Waals surface area contributed by atoms with Crippen molar-refractivity contribution in [2.45, 2.75) is 65.4 Å². The Morgan fingerprint density at radius 3 is 2.65 bits per heavy atom. The van der Waals surface area contributed by atoms with Gasteiger partial charge in [-0.25, -0.2) is 0 Å². The van der Waals surface area contributed by atoms with E-state index in [1.54, 1.807) is 0 Å². The van der Waals surface area contributed by atoms with Gasteiger partial charge in [0.15, 0.2) is 0 Å². The zero-order chi connectivity index (χ0) is 12.7. The van der Waals surface area contributed by atoms with E-state index in [9.17, 15) is 0 Å². The van der Waals surface area contributed by atoms with E-state index in [1.807, 2.05) is 0 Å². The molecule has 0 bridgehead atoms. The summed E-state index contributed by atoms with van der Waals surface area (Å²) in [5.41, 5.74) is 0.392. The molecule has 1 aliphatic heterocycles. The molecule has 102 valence electrons. The number of rotatable bonds is 8. The quantitative estimate of drug-likeness (QED) is 0.701. The third-order valence-corrected chi connectivity index (χ3v) is 4.60. The first kappa shape index (κ1) is 15.0. The molecule has 0 radical (unpaired) electrons. The Kier molecular flexibility index (Phi) is 6.50. The first-order valence-corrected chi connectivity index (χ1v) is 7.44. The number of nitrogens with one attached hydrogen (secondary N) is 1. The average molecular weight is 241 g/mol. The van der Waals surface area contributed by atoms with E-state index >= 15 is 0 Å². The minimum atomic E-state index is 0.392. The predicted molar refractivity (Wildman–Crippen MR) is 74.3 cm³/mol. The SMILES string of the molecule is CCCCC(CC)CC1(CNC)CCOC1C. The van der Waals surface area contributed by atoms with Crippen molar-refractivity contribution in [1.29, 1.82) is 0 Å². The number of ether oxygens (including phenoxy) is 1. The monoisotopic (exact) mass is 241 g/mol. The maximum atomic E-state index is 5.83. The molecule has 3 unspecified atom stereocenters. The van der Waals surface area contributed by atoms with Crippen molar-refractivity contribution in [3.8, 4) is 0 Å². The fourth-order valence-electron chi connectivity index (χ4n) is 3.26. The van der Waals surface area contributed by atoms with E-state index in [0.717, 1.165) is 19.1 Å². The van der Waals surface area contributed by atoms with Crippen LogP contribution in [0.5, 0.6) is 0 Å². The molecule has 3 atom stereocenters. The fraction of sp³-hybridized carbons (Fsp3) is 1.00. The Hall–Kier alpha value is -0.0800. The standard InChI is InChI=1S/C15H31NO/c1-5-7-8-14(6-2)11-15(12-16-4)9-10-17-13(15)3/h13-14,16H,5-12H2,1-4H3. The lowest BCUT2D eigenvalue weighted by Crippen LogP contribution is -2.39. The van der Waals surface area contributed by atoms with Crippen molar-refractivity contribution in [3.63, 3.8) is 0 Å². The highest BCUT2D eigenvalue weighted by molar-refractivity contribution is 4.92. The summed E-state index contributed by atoms with van der Waals surface area (Å²) >= 11 is 0. The maximum Gasteiger partial charge on any atom is 0.0616 e. The first-order valence-electron chi connectivity index (χ1n) is 7.44. The van der Waals surface area contributed by atoms with Crippen LogP contribution in [-0.2, 0) is 4.74 Å². The molecule has 0 aromatic carbocycles. The van der Waals surface area contributed by atoms with Crippen molar-refractivity contribution in [1.82, 2.24) is 5.32 Å². The molecule has 2 heteroatoms. The maximum absolute atomic E-state index is 5.83. The van der Waals surface area contributed by atoms with Gasteiger partial charge in [0.25, 0.3) is 0 Å². The zero-order valence-corrected chi connectivity index (χ0v) is 12.2. The molecule has 1 saturated heterocycles. The summed E-state index contributed by atoms with van der Waals surface area (Å²) in [5.74, 6) is 0.882. The summed E-state index contributed by atoms with van der Waals surface area (Å²) in [6.45, 7) is 8.95. The second-order valence-electron chi connectivity index (χ2n) is 5.78. The number of hydrogen-bond donors (Lipinski definition) is 1. The van der Waals surface area contributed by atoms with Gasteiger partial charge in [-0.05, 0) is 32.7 Å². The summed E-state index contributed by atoms with van der Waals surface area (Å²) in [6.07, 6.45) is 8.41. The third-order valence-electron chi connectivity index (χ3n) is 4.60. The van der Waals surface area contributed by atoms with Gasteiger partial charge in [0.1, 0.15) is 0 Å². The highest BCUT2D eigenvalue weighted by Crippen LogP contribution is 2.41. The molecule has 0 aromatic heterocycles. The molecular weight excluding hydrogens is 210 g/mol. The molecule has 1 aliphatic rings. The molecule has 0 spiro atoms. The lowest BCUT2D eigenvalue weighted by molar-refractivity contribution is 0.0485. The molecule has 1 N–H and O–H groups in total. The predicted octanol–water partition coefficient (Wildman–Crippen LogP) is 3.61. The lowest BCUT2D eigenvalue weighted by atomic mass is 9.72. The van der Waals surface area contributed by atoms with E-state index in [-0.39, 0.29) is 0 Å². The third kappa shape index (κ3) is 3.96. The highest BCUT2D eigenvalue weighted by Gasteiger charge is 2.41. The van der Waals surface area contributed by atoms with Gasteiger partial charge in [-0.3, -0.25) is 0 Å². The van der Waals surface area contributed by atoms with E-state index in [0.29, 0.717) is 11.5 Å². The molecule has 1 fully saturated rings. The Bertz CT molecular complexity index is 207. The summed E-state index contributed by atoms with van der Waals surface area (Å²) < 4.78 is 5.83. The van der Waals surface area contributed by atoms with E-state index < -0.39 is 0 Å². The lowest BCUT2D eigenvalue weighted by Gasteiger charge is -2.35. The van der Waals surface area contributed by atoms with Crippen molar-refractivity contribution >= 4 is 0 Å². The fourth-order valence-corrected chi connectivity index (χ4v) is 3.26. The number of unbranched alkanes of at least 4 members (excludes halogenated alkanes) is 1. The number of hydrogen-bond acceptors (Lipinski definition) is 2. The molecule has 1 heterocycles. The summed E-state index contributed by atoms with van der Waals surface area (Å²) in [6, 6.07) is 0. The van der Waals surface area contributed by atoms with Crippen LogP contribution in [0.4, 0.5) is 0 Å². The van der Waals surface area contributed by atoms with Gasteiger partial charge in [-0.15, -0.1) is 0 Å². The van der Waals surface area contributed by atoms with Gasteiger partial charge >= 0.3 is 0 Å². The van der Waals surface area contributed by atoms with Crippen LogP contribution in [0.1, 0.15) is 59.3 Å². The van der Waals surface area contributed by atoms with Crippen LogP contribution in [0, 0.1) is 11.3 Å². The Morgan fingerprint density at radius 1 is 1.41 bits per heavy atom. The van der Waals surface area contributed by atoms with Crippen molar-refractivity contribution in [2.24, 2.45) is 11.3 Å². The van der Waals surface area contributed by atoms with E-state index in [2.05, 4.69) is 33.1 Å². The molecule has 1 rings (SSSR count). The van der Waals surface area contributed by atoms with Crippen molar-refractivity contribution < 1.29 is 4.74 Å². The van der Waals surface area contributed by atoms with Crippen LogP contribution in [0.3, 0.4) is 0 Å². The molecule has 0 aromatic rings. The van der Waals surface area contributed by atoms with Gasteiger partial charge < -0.3 is 10.1 Å². The van der Waals surface area contributed by atoms with Crippen LogP contribution in [0.25, 0.3) is 0 Å². The van der Waals surface area contributed by atoms with Gasteiger partial charge in [-0.2, -0.15) is 0 Å². The van der Waals surface area contributed by atoms with E-state index in [4.69, 9.17) is 4.74 Å². The highest BCUT2D eigenvalue weighted by atomic mass is 16.5. The summed E-state index contributed by atoms with van der Waals surface area (Å²) in [5, 5.41) is 3.39. The van der Waals surface area contributed by atoms with Gasteiger partial charge in [0.2, 0.25) is 0 Å². The second kappa shape index (κ2) is 7.38. The molecule has 2 nitrogen and oxygen atoms in total. The van der Waals surface area contributed by atoms with Crippen LogP contribution in [0.2, 0.25) is 0 Å². The Morgan fingerprint density at radius 2 is 2.18 bits per heavy atom. The summed E-state index contributed by atoms with van der Waals surface area (Å²) in [7, 11) is 2.07. The largest absolute Gasteiger partial charge is 0.378 e. The molecule has 0 aliphatic carbocycles. The van der Waals surface area contributed by atoms with Gasteiger partial charge in [0.05, 0.1) is 6.10 Å². The van der Waals surface area contributed by atoms with Crippen molar-refractivity contribution in [3.05, 3.63) is 0 Å². The van der Waals surface area contributed by atoms with Gasteiger partial charge in [0, 0.05) is 18.6 Å². The smallest absolute Gasteiger partial charge is 0.0616 e. The molecule has 17 heavy (non-hydrogen) atoms. The Labute approximate surface area is 108 Å². The molecular formula is C15H31NO. The van der Waals surface area contributed by atoms with Crippen molar-refractivity contribution in [2.75, 3.05) is 20.2 Å². The Balaban J connectivity index is 2.58. The topological polar surface area (TPSA) is 21.3 Å². The molecule has 0 saturated carbocycles. The zero-order valence-electron chi connectivity index (χ0n) is 12.2. The van der Waals surface area contributed by atoms with Crippen LogP contribution < -0.4 is 5.32 Å². The van der Waals surface area contributed by atoms with Crippen LogP contribution in [0.15, 0.2) is 0 Å². The minimum Gasteiger partial charge on any atom is -0.378 e. The average Bonchev–Trinajstić information content (AvgIpc) is 2.67. The minimum absolute atomic E-state index is 0.392. The van der Waals surface area contributed by atoms with Gasteiger partial charge in [-0.1, -0.05) is 39.5 Å². The van der Waals surface area contributed by atoms with E-state index in [1.165, 1.54) is 38.5 Å². The summed E-state index contributed by atoms with van der Waals surface area (Å²) in [4.78, 5) is 0. The normalized spacial score (nSPS) is 30.7.